The van der Waals surface area contributed by atoms with Crippen molar-refractivity contribution in [2.45, 2.75) is 58.6 Å². The Morgan fingerprint density at radius 2 is 2.11 bits per heavy atom. The average molecular weight is 257 g/mol. The van der Waals surface area contributed by atoms with Crippen LogP contribution in [-0.4, -0.2) is 29.3 Å². The third-order valence-electron chi connectivity index (χ3n) is 4.05. The van der Waals surface area contributed by atoms with E-state index in [4.69, 9.17) is 15.6 Å². The fourth-order valence-corrected chi connectivity index (χ4v) is 2.65. The Kier molecular flexibility index (Phi) is 5.17. The van der Waals surface area contributed by atoms with Crippen molar-refractivity contribution in [1.29, 1.82) is 0 Å². The molecule has 0 aromatic rings. The van der Waals surface area contributed by atoms with Gasteiger partial charge in [-0.15, -0.1) is 0 Å². The summed E-state index contributed by atoms with van der Waals surface area (Å²) in [5, 5.41) is 8.99. The Morgan fingerprint density at radius 3 is 2.61 bits per heavy atom. The van der Waals surface area contributed by atoms with Crippen LogP contribution in [0.1, 0.15) is 47.0 Å². The molecule has 0 spiro atoms. The maximum atomic E-state index is 11.0. The number of hydrogen-bond acceptors (Lipinski definition) is 3. The fraction of sp³-hybridized carbons (Fsp3) is 0.929. The van der Waals surface area contributed by atoms with E-state index in [1.165, 1.54) is 13.3 Å². The van der Waals surface area contributed by atoms with Crippen LogP contribution in [0.3, 0.4) is 0 Å². The summed E-state index contributed by atoms with van der Waals surface area (Å²) in [7, 11) is 0. The minimum Gasteiger partial charge on any atom is -0.480 e. The lowest BCUT2D eigenvalue weighted by atomic mass is 9.75. The zero-order valence-corrected chi connectivity index (χ0v) is 12.0. The van der Waals surface area contributed by atoms with Gasteiger partial charge in [-0.05, 0) is 37.5 Å². The molecule has 0 bridgehead atoms. The molecular formula is C14H27NO3. The van der Waals surface area contributed by atoms with Gasteiger partial charge in [-0.3, -0.25) is 4.79 Å². The first kappa shape index (κ1) is 15.4. The van der Waals surface area contributed by atoms with Gasteiger partial charge in [0.2, 0.25) is 0 Å². The second-order valence-electron chi connectivity index (χ2n) is 6.40. The van der Waals surface area contributed by atoms with Crippen LogP contribution in [-0.2, 0) is 9.53 Å². The second-order valence-corrected chi connectivity index (χ2v) is 6.40. The monoisotopic (exact) mass is 257 g/mol. The number of aliphatic carboxylic acids is 1. The van der Waals surface area contributed by atoms with Crippen LogP contribution in [0.15, 0.2) is 0 Å². The zero-order valence-electron chi connectivity index (χ0n) is 12.0. The molecule has 0 radical (unpaired) electrons. The summed E-state index contributed by atoms with van der Waals surface area (Å²) in [6.07, 6.45) is 3.56. The van der Waals surface area contributed by atoms with Gasteiger partial charge in [0.1, 0.15) is 5.54 Å². The number of carboxylic acid groups (broad SMARTS) is 1. The van der Waals surface area contributed by atoms with Gasteiger partial charge in [0.05, 0.1) is 12.7 Å². The molecule has 1 saturated carbocycles. The molecule has 4 heteroatoms. The highest BCUT2D eigenvalue weighted by molar-refractivity contribution is 5.78. The quantitative estimate of drug-likeness (QED) is 0.792. The van der Waals surface area contributed by atoms with Crippen LogP contribution in [0.5, 0.6) is 0 Å². The van der Waals surface area contributed by atoms with E-state index < -0.39 is 11.5 Å². The van der Waals surface area contributed by atoms with Crippen molar-refractivity contribution in [2.24, 2.45) is 23.5 Å². The predicted molar refractivity (Wildman–Crippen MR) is 71.3 cm³/mol. The van der Waals surface area contributed by atoms with Crippen molar-refractivity contribution in [3.8, 4) is 0 Å². The number of rotatable bonds is 5. The molecule has 4 nitrogen and oxygen atoms in total. The summed E-state index contributed by atoms with van der Waals surface area (Å²) in [5.41, 5.74) is 4.42. The molecule has 0 amide bonds. The topological polar surface area (TPSA) is 72.5 Å². The summed E-state index contributed by atoms with van der Waals surface area (Å²) in [5.74, 6) is 0.730. The van der Waals surface area contributed by atoms with Crippen LogP contribution < -0.4 is 5.73 Å². The SMILES string of the molecule is CC1CCC(C(C)C)C(OCC(C)(N)C(=O)O)C1. The molecule has 1 rings (SSSR count). The van der Waals surface area contributed by atoms with Gasteiger partial charge in [-0.25, -0.2) is 0 Å². The molecule has 18 heavy (non-hydrogen) atoms. The predicted octanol–water partition coefficient (Wildman–Crippen LogP) is 2.27. The smallest absolute Gasteiger partial charge is 0.325 e. The normalized spacial score (nSPS) is 32.2. The molecule has 3 N–H and O–H groups in total. The van der Waals surface area contributed by atoms with Crippen molar-refractivity contribution >= 4 is 5.97 Å². The molecule has 0 aliphatic heterocycles. The third-order valence-corrected chi connectivity index (χ3v) is 4.05. The molecule has 1 fully saturated rings. The van der Waals surface area contributed by atoms with Crippen LogP contribution in [0.25, 0.3) is 0 Å². The second kappa shape index (κ2) is 6.02. The van der Waals surface area contributed by atoms with Crippen molar-refractivity contribution in [3.05, 3.63) is 0 Å². The summed E-state index contributed by atoms with van der Waals surface area (Å²) in [6.45, 7) is 8.23. The van der Waals surface area contributed by atoms with Crippen LogP contribution >= 0.6 is 0 Å². The Labute approximate surface area is 110 Å². The number of ether oxygens (including phenoxy) is 1. The Hall–Kier alpha value is -0.610. The minimum absolute atomic E-state index is 0.0863. The number of carbonyl (C=O) groups is 1. The van der Waals surface area contributed by atoms with Crippen molar-refractivity contribution < 1.29 is 14.6 Å². The molecule has 1 aliphatic rings. The van der Waals surface area contributed by atoms with Crippen LogP contribution in [0.4, 0.5) is 0 Å². The van der Waals surface area contributed by atoms with Crippen LogP contribution in [0, 0.1) is 17.8 Å². The molecule has 1 aliphatic carbocycles. The van der Waals surface area contributed by atoms with Gasteiger partial charge in [0.25, 0.3) is 0 Å². The Morgan fingerprint density at radius 1 is 1.50 bits per heavy atom. The highest BCUT2D eigenvalue weighted by Crippen LogP contribution is 2.35. The van der Waals surface area contributed by atoms with Gasteiger partial charge in [-0.2, -0.15) is 0 Å². The highest BCUT2D eigenvalue weighted by Gasteiger charge is 2.35. The first-order valence-corrected chi connectivity index (χ1v) is 6.88. The van der Waals surface area contributed by atoms with Gasteiger partial charge < -0.3 is 15.6 Å². The van der Waals surface area contributed by atoms with E-state index in [0.717, 1.165) is 12.8 Å². The van der Waals surface area contributed by atoms with E-state index >= 15 is 0 Å². The first-order valence-electron chi connectivity index (χ1n) is 6.88. The number of hydrogen-bond donors (Lipinski definition) is 2. The average Bonchev–Trinajstić information content (AvgIpc) is 2.26. The number of carboxylic acids is 1. The largest absolute Gasteiger partial charge is 0.480 e. The molecule has 106 valence electrons. The first-order chi connectivity index (χ1) is 8.24. The number of nitrogens with two attached hydrogens (primary N) is 1. The van der Waals surface area contributed by atoms with Crippen LogP contribution in [0.2, 0.25) is 0 Å². The highest BCUT2D eigenvalue weighted by atomic mass is 16.5. The lowest BCUT2D eigenvalue weighted by Gasteiger charge is -2.38. The van der Waals surface area contributed by atoms with Crippen molar-refractivity contribution in [1.82, 2.24) is 0 Å². The standard InChI is InChI=1S/C14H27NO3/c1-9(2)11-6-5-10(3)7-12(11)18-8-14(4,15)13(16)17/h9-12H,5-8,15H2,1-4H3,(H,16,17). The fourth-order valence-electron chi connectivity index (χ4n) is 2.65. The van der Waals surface area contributed by atoms with E-state index in [0.29, 0.717) is 17.8 Å². The summed E-state index contributed by atoms with van der Waals surface area (Å²) >= 11 is 0. The van der Waals surface area contributed by atoms with Gasteiger partial charge >= 0.3 is 5.97 Å². The Bertz CT molecular complexity index is 289. The van der Waals surface area contributed by atoms with Crippen molar-refractivity contribution in [3.63, 3.8) is 0 Å². The minimum atomic E-state index is -1.29. The maximum Gasteiger partial charge on any atom is 0.325 e. The molecule has 0 aromatic heterocycles. The summed E-state index contributed by atoms with van der Waals surface area (Å²) in [4.78, 5) is 11.0. The van der Waals surface area contributed by atoms with Gasteiger partial charge in [-0.1, -0.05) is 27.2 Å². The van der Waals surface area contributed by atoms with E-state index in [1.54, 1.807) is 0 Å². The van der Waals surface area contributed by atoms with Crippen molar-refractivity contribution in [2.75, 3.05) is 6.61 Å². The van der Waals surface area contributed by atoms with Gasteiger partial charge in [0, 0.05) is 0 Å². The van der Waals surface area contributed by atoms with E-state index in [9.17, 15) is 4.79 Å². The molecule has 0 saturated heterocycles. The lowest BCUT2D eigenvalue weighted by Crippen LogP contribution is -2.50. The van der Waals surface area contributed by atoms with Gasteiger partial charge in [0.15, 0.2) is 0 Å². The molecule has 0 aromatic carbocycles. The lowest BCUT2D eigenvalue weighted by molar-refractivity contribution is -0.147. The molecule has 0 heterocycles. The third kappa shape index (κ3) is 3.95. The molecular weight excluding hydrogens is 230 g/mol. The van der Waals surface area contributed by atoms with E-state index in [2.05, 4.69) is 20.8 Å². The van der Waals surface area contributed by atoms with E-state index in [1.807, 2.05) is 0 Å². The zero-order chi connectivity index (χ0) is 13.9. The maximum absolute atomic E-state index is 11.0. The Balaban J connectivity index is 2.59. The summed E-state index contributed by atoms with van der Waals surface area (Å²) in [6, 6.07) is 0. The summed E-state index contributed by atoms with van der Waals surface area (Å²) < 4.78 is 5.85. The van der Waals surface area contributed by atoms with E-state index in [-0.39, 0.29) is 12.7 Å². The molecule has 4 atom stereocenters. The molecule has 4 unspecified atom stereocenters.